The smallest absolute Gasteiger partial charge is 0.140 e. The Labute approximate surface area is 175 Å². The normalized spacial score (nSPS) is 14.5. The molecule has 0 aliphatic heterocycles. The standard InChI is InChI=1S/C23H26N6O/c1-14-23(15(2)28-27-14)17-13-29-19(12-24-22(29)11-20(17)30-3)18-9-6-10-21(26-18)25-16-7-4-5-8-16/h6,9-13,16H,4-5,7-8H2,1-3H3,(H,25,26)(H,27,28). The van der Waals surface area contributed by atoms with Crippen LogP contribution < -0.4 is 10.1 Å². The molecule has 0 bridgehead atoms. The molecule has 154 valence electrons. The van der Waals surface area contributed by atoms with E-state index in [0.29, 0.717) is 6.04 Å². The Morgan fingerprint density at radius 1 is 1.20 bits per heavy atom. The van der Waals surface area contributed by atoms with Crippen LogP contribution in [0.2, 0.25) is 0 Å². The van der Waals surface area contributed by atoms with Crippen molar-refractivity contribution in [3.63, 3.8) is 0 Å². The van der Waals surface area contributed by atoms with Crippen LogP contribution in [0.4, 0.5) is 5.82 Å². The molecule has 4 aromatic rings. The third-order valence-corrected chi connectivity index (χ3v) is 5.95. The molecule has 0 radical (unpaired) electrons. The zero-order chi connectivity index (χ0) is 20.7. The summed E-state index contributed by atoms with van der Waals surface area (Å²) in [6.07, 6.45) is 8.96. The summed E-state index contributed by atoms with van der Waals surface area (Å²) in [5, 5.41) is 11.0. The first-order valence-electron chi connectivity index (χ1n) is 10.4. The molecule has 0 aromatic carbocycles. The number of nitrogens with one attached hydrogen (secondary N) is 2. The lowest BCUT2D eigenvalue weighted by atomic mass is 10.0. The van der Waals surface area contributed by atoms with Gasteiger partial charge in [0.2, 0.25) is 0 Å². The second-order valence-corrected chi connectivity index (χ2v) is 7.97. The highest BCUT2D eigenvalue weighted by Crippen LogP contribution is 2.35. The molecule has 1 aliphatic carbocycles. The fourth-order valence-corrected chi connectivity index (χ4v) is 4.44. The summed E-state index contributed by atoms with van der Waals surface area (Å²) < 4.78 is 7.75. The SMILES string of the molecule is COc1cc2ncc(-c3cccc(NC4CCCC4)n3)n2cc1-c1c(C)n[nH]c1C. The van der Waals surface area contributed by atoms with E-state index in [9.17, 15) is 0 Å². The third kappa shape index (κ3) is 3.20. The minimum Gasteiger partial charge on any atom is -0.496 e. The number of ether oxygens (including phenoxy) is 1. The van der Waals surface area contributed by atoms with E-state index < -0.39 is 0 Å². The van der Waals surface area contributed by atoms with Gasteiger partial charge in [-0.25, -0.2) is 9.97 Å². The molecular weight excluding hydrogens is 376 g/mol. The molecule has 2 N–H and O–H groups in total. The molecule has 0 atom stereocenters. The van der Waals surface area contributed by atoms with E-state index in [1.54, 1.807) is 7.11 Å². The molecule has 7 nitrogen and oxygen atoms in total. The summed E-state index contributed by atoms with van der Waals surface area (Å²) in [5.74, 6) is 1.70. The zero-order valence-corrected chi connectivity index (χ0v) is 17.6. The van der Waals surface area contributed by atoms with E-state index in [4.69, 9.17) is 9.72 Å². The minimum absolute atomic E-state index is 0.526. The average molecular weight is 403 g/mol. The van der Waals surface area contributed by atoms with Crippen LogP contribution in [0.25, 0.3) is 28.2 Å². The fraction of sp³-hybridized carbons (Fsp3) is 0.348. The molecule has 0 saturated heterocycles. The van der Waals surface area contributed by atoms with E-state index in [0.717, 1.165) is 51.1 Å². The van der Waals surface area contributed by atoms with Crippen molar-refractivity contribution in [2.24, 2.45) is 0 Å². The van der Waals surface area contributed by atoms with E-state index in [2.05, 4.69) is 31.1 Å². The highest BCUT2D eigenvalue weighted by Gasteiger charge is 2.19. The van der Waals surface area contributed by atoms with Crippen LogP contribution in [0.1, 0.15) is 37.1 Å². The van der Waals surface area contributed by atoms with Crippen LogP contribution in [0.5, 0.6) is 5.75 Å². The van der Waals surface area contributed by atoms with Crippen LogP contribution in [-0.4, -0.2) is 37.7 Å². The van der Waals surface area contributed by atoms with Crippen LogP contribution in [0.3, 0.4) is 0 Å². The van der Waals surface area contributed by atoms with Gasteiger partial charge in [0.05, 0.1) is 30.4 Å². The number of methoxy groups -OCH3 is 1. The van der Waals surface area contributed by atoms with Gasteiger partial charge in [-0.3, -0.25) is 9.50 Å². The largest absolute Gasteiger partial charge is 0.496 e. The maximum atomic E-state index is 5.68. The predicted octanol–water partition coefficient (Wildman–Crippen LogP) is 4.77. The quantitative estimate of drug-likeness (QED) is 0.503. The highest BCUT2D eigenvalue weighted by molar-refractivity contribution is 5.77. The number of aromatic nitrogens is 5. The first-order chi connectivity index (χ1) is 14.6. The first kappa shape index (κ1) is 18.7. The molecule has 4 aromatic heterocycles. The summed E-state index contributed by atoms with van der Waals surface area (Å²) in [4.78, 5) is 9.48. The number of imidazole rings is 1. The van der Waals surface area contributed by atoms with Crippen LogP contribution in [-0.2, 0) is 0 Å². The van der Waals surface area contributed by atoms with Crippen molar-refractivity contribution < 1.29 is 4.74 Å². The fourth-order valence-electron chi connectivity index (χ4n) is 4.44. The van der Waals surface area contributed by atoms with Crippen molar-refractivity contribution >= 4 is 11.5 Å². The number of nitrogens with zero attached hydrogens (tertiary/aromatic N) is 4. The third-order valence-electron chi connectivity index (χ3n) is 5.95. The van der Waals surface area contributed by atoms with Gasteiger partial charge in [0, 0.05) is 35.1 Å². The number of fused-ring (bicyclic) bond motifs is 1. The van der Waals surface area contributed by atoms with E-state index in [1.807, 2.05) is 44.3 Å². The monoisotopic (exact) mass is 402 g/mol. The Balaban J connectivity index is 1.60. The molecule has 5 rings (SSSR count). The van der Waals surface area contributed by atoms with Gasteiger partial charge in [-0.2, -0.15) is 5.10 Å². The molecule has 0 amide bonds. The molecule has 0 spiro atoms. The lowest BCUT2D eigenvalue weighted by Gasteiger charge is -2.14. The Hall–Kier alpha value is -3.35. The predicted molar refractivity (Wildman–Crippen MR) is 118 cm³/mol. The lowest BCUT2D eigenvalue weighted by molar-refractivity contribution is 0.416. The van der Waals surface area contributed by atoms with Crippen molar-refractivity contribution in [2.45, 2.75) is 45.6 Å². The number of rotatable bonds is 5. The maximum Gasteiger partial charge on any atom is 0.140 e. The van der Waals surface area contributed by atoms with Gasteiger partial charge >= 0.3 is 0 Å². The van der Waals surface area contributed by atoms with Crippen LogP contribution >= 0.6 is 0 Å². The number of hydrogen-bond donors (Lipinski definition) is 2. The summed E-state index contributed by atoms with van der Waals surface area (Å²) in [5.41, 5.74) is 6.64. The number of aromatic amines is 1. The Bertz CT molecular complexity index is 1180. The van der Waals surface area contributed by atoms with Crippen molar-refractivity contribution in [3.8, 4) is 28.3 Å². The van der Waals surface area contributed by atoms with Crippen molar-refractivity contribution in [1.82, 2.24) is 24.6 Å². The number of anilines is 1. The highest BCUT2D eigenvalue weighted by atomic mass is 16.5. The van der Waals surface area contributed by atoms with Gasteiger partial charge in [-0.05, 0) is 38.8 Å². The molecule has 30 heavy (non-hydrogen) atoms. The van der Waals surface area contributed by atoms with Gasteiger partial charge < -0.3 is 10.1 Å². The molecule has 1 saturated carbocycles. The second kappa shape index (κ2) is 7.48. The minimum atomic E-state index is 0.526. The van der Waals surface area contributed by atoms with Gasteiger partial charge in [0.25, 0.3) is 0 Å². The van der Waals surface area contributed by atoms with Gasteiger partial charge in [0.15, 0.2) is 0 Å². The van der Waals surface area contributed by atoms with E-state index >= 15 is 0 Å². The zero-order valence-electron chi connectivity index (χ0n) is 17.6. The molecule has 0 unspecified atom stereocenters. The molecular formula is C23H26N6O. The molecule has 1 fully saturated rings. The number of H-pyrrole nitrogens is 1. The topological polar surface area (TPSA) is 80.1 Å². The molecule has 1 aliphatic rings. The summed E-state index contributed by atoms with van der Waals surface area (Å²) in [7, 11) is 1.68. The van der Waals surface area contributed by atoms with Crippen molar-refractivity contribution in [1.29, 1.82) is 0 Å². The molecule has 4 heterocycles. The van der Waals surface area contributed by atoms with E-state index in [1.165, 1.54) is 25.7 Å². The van der Waals surface area contributed by atoms with Crippen molar-refractivity contribution in [3.05, 3.63) is 48.0 Å². The average Bonchev–Trinajstić information content (AvgIpc) is 3.48. The Morgan fingerprint density at radius 3 is 2.77 bits per heavy atom. The Kier molecular flexibility index (Phi) is 4.65. The maximum absolute atomic E-state index is 5.68. The summed E-state index contributed by atoms with van der Waals surface area (Å²) in [6.45, 7) is 4.02. The molecule has 7 heteroatoms. The number of aryl methyl sites for hydroxylation is 2. The van der Waals surface area contributed by atoms with Gasteiger partial charge in [0.1, 0.15) is 17.2 Å². The van der Waals surface area contributed by atoms with Gasteiger partial charge in [-0.1, -0.05) is 18.9 Å². The van der Waals surface area contributed by atoms with Crippen LogP contribution in [0.15, 0.2) is 36.7 Å². The lowest BCUT2D eigenvalue weighted by Crippen LogP contribution is -2.15. The number of hydrogen-bond acceptors (Lipinski definition) is 5. The number of pyridine rings is 2. The van der Waals surface area contributed by atoms with Crippen LogP contribution in [0, 0.1) is 13.8 Å². The first-order valence-corrected chi connectivity index (χ1v) is 10.4. The van der Waals surface area contributed by atoms with Gasteiger partial charge in [-0.15, -0.1) is 0 Å². The van der Waals surface area contributed by atoms with Crippen molar-refractivity contribution in [2.75, 3.05) is 12.4 Å². The summed E-state index contributed by atoms with van der Waals surface area (Å²) >= 11 is 0. The Morgan fingerprint density at radius 2 is 2.03 bits per heavy atom. The van der Waals surface area contributed by atoms with E-state index in [-0.39, 0.29) is 0 Å². The second-order valence-electron chi connectivity index (χ2n) is 7.97. The summed E-state index contributed by atoms with van der Waals surface area (Å²) in [6, 6.07) is 8.61.